The number of benzene rings is 2. The van der Waals surface area contributed by atoms with E-state index in [1.165, 1.54) is 28.9 Å². The average molecular weight is 308 g/mol. The van der Waals surface area contributed by atoms with Crippen molar-refractivity contribution >= 4 is 11.5 Å². The Morgan fingerprint density at radius 3 is 2.43 bits per heavy atom. The van der Waals surface area contributed by atoms with Crippen molar-refractivity contribution in [1.29, 1.82) is 0 Å². The molecule has 0 saturated carbocycles. The van der Waals surface area contributed by atoms with Crippen LogP contribution in [0.15, 0.2) is 60.8 Å². The van der Waals surface area contributed by atoms with Crippen LogP contribution in [0.4, 0.5) is 5.69 Å². The Balaban J connectivity index is 1.73. The maximum atomic E-state index is 12.2. The van der Waals surface area contributed by atoms with Crippen molar-refractivity contribution in [3.63, 3.8) is 0 Å². The van der Waals surface area contributed by atoms with E-state index in [1.807, 2.05) is 30.3 Å². The van der Waals surface area contributed by atoms with E-state index in [1.54, 1.807) is 6.20 Å². The molecule has 7 nitrogen and oxygen atoms in total. The number of aromatic nitrogens is 3. The Bertz CT molecular complexity index is 841. The number of nitro groups is 1. The van der Waals surface area contributed by atoms with Gasteiger partial charge in [-0.2, -0.15) is 0 Å². The van der Waals surface area contributed by atoms with E-state index >= 15 is 0 Å². The van der Waals surface area contributed by atoms with E-state index in [4.69, 9.17) is 0 Å². The number of rotatable bonds is 5. The standard InChI is InChI=1S/C16H12N4O3/c21-16(13-6-8-14(9-7-13)20(22)23)11-19-10-15(17-18-19)12-4-2-1-3-5-12/h1-10H,11H2. The molecule has 0 aliphatic rings. The van der Waals surface area contributed by atoms with Gasteiger partial charge in [0.2, 0.25) is 0 Å². The molecular formula is C16H12N4O3. The van der Waals surface area contributed by atoms with Crippen molar-refractivity contribution in [3.05, 3.63) is 76.5 Å². The maximum Gasteiger partial charge on any atom is 0.269 e. The lowest BCUT2D eigenvalue weighted by Crippen LogP contribution is -2.11. The van der Waals surface area contributed by atoms with Gasteiger partial charge in [-0.15, -0.1) is 5.10 Å². The largest absolute Gasteiger partial charge is 0.292 e. The van der Waals surface area contributed by atoms with Crippen LogP contribution in [0.5, 0.6) is 0 Å². The minimum atomic E-state index is -0.502. The van der Waals surface area contributed by atoms with E-state index in [2.05, 4.69) is 10.3 Å². The summed E-state index contributed by atoms with van der Waals surface area (Å²) >= 11 is 0. The normalized spacial score (nSPS) is 10.4. The van der Waals surface area contributed by atoms with Gasteiger partial charge < -0.3 is 0 Å². The van der Waals surface area contributed by atoms with Gasteiger partial charge in [0.25, 0.3) is 5.69 Å². The second-order valence-corrected chi connectivity index (χ2v) is 4.89. The number of carbonyl (C=O) groups is 1. The van der Waals surface area contributed by atoms with Crippen LogP contribution in [0.2, 0.25) is 0 Å². The Morgan fingerprint density at radius 2 is 1.78 bits per heavy atom. The van der Waals surface area contributed by atoms with Crippen LogP contribution < -0.4 is 0 Å². The van der Waals surface area contributed by atoms with Gasteiger partial charge in [-0.3, -0.25) is 14.9 Å². The fraction of sp³-hybridized carbons (Fsp3) is 0.0625. The van der Waals surface area contributed by atoms with Gasteiger partial charge in [0, 0.05) is 23.3 Å². The molecule has 0 unspecified atom stereocenters. The van der Waals surface area contributed by atoms with Gasteiger partial charge in [-0.05, 0) is 12.1 Å². The Kier molecular flexibility index (Phi) is 3.92. The smallest absolute Gasteiger partial charge is 0.269 e. The molecular weight excluding hydrogens is 296 g/mol. The number of hydrogen-bond acceptors (Lipinski definition) is 5. The average Bonchev–Trinajstić information content (AvgIpc) is 3.04. The number of non-ortho nitro benzene ring substituents is 1. The molecule has 0 bridgehead atoms. The predicted molar refractivity (Wildman–Crippen MR) is 82.9 cm³/mol. The van der Waals surface area contributed by atoms with E-state index in [-0.39, 0.29) is 18.0 Å². The highest BCUT2D eigenvalue weighted by molar-refractivity contribution is 5.96. The van der Waals surface area contributed by atoms with Crippen molar-refractivity contribution < 1.29 is 9.72 Å². The zero-order chi connectivity index (χ0) is 16.2. The third kappa shape index (κ3) is 3.29. The van der Waals surface area contributed by atoms with Gasteiger partial charge >= 0.3 is 0 Å². The van der Waals surface area contributed by atoms with Crippen molar-refractivity contribution in [2.75, 3.05) is 0 Å². The predicted octanol–water partition coefficient (Wildman–Crippen LogP) is 2.74. The number of nitro benzene ring substituents is 1. The first-order chi connectivity index (χ1) is 11.1. The van der Waals surface area contributed by atoms with Crippen LogP contribution in [-0.4, -0.2) is 25.7 Å². The summed E-state index contributed by atoms with van der Waals surface area (Å²) in [7, 11) is 0. The lowest BCUT2D eigenvalue weighted by Gasteiger charge is -2.00. The number of hydrogen-bond donors (Lipinski definition) is 0. The van der Waals surface area contributed by atoms with Gasteiger partial charge in [-0.1, -0.05) is 35.5 Å². The molecule has 0 atom stereocenters. The topological polar surface area (TPSA) is 90.9 Å². The molecule has 7 heteroatoms. The molecule has 3 rings (SSSR count). The van der Waals surface area contributed by atoms with E-state index in [0.29, 0.717) is 11.3 Å². The molecule has 0 aliphatic carbocycles. The van der Waals surface area contributed by atoms with E-state index in [0.717, 1.165) is 5.56 Å². The van der Waals surface area contributed by atoms with Crippen molar-refractivity contribution in [2.24, 2.45) is 0 Å². The molecule has 0 spiro atoms. The van der Waals surface area contributed by atoms with Crippen LogP contribution >= 0.6 is 0 Å². The van der Waals surface area contributed by atoms with Crippen LogP contribution in [0.3, 0.4) is 0 Å². The lowest BCUT2D eigenvalue weighted by atomic mass is 10.1. The first kappa shape index (κ1) is 14.6. The fourth-order valence-electron chi connectivity index (χ4n) is 2.12. The summed E-state index contributed by atoms with van der Waals surface area (Å²) in [6.07, 6.45) is 1.69. The molecule has 1 aromatic heterocycles. The molecule has 0 N–H and O–H groups in total. The highest BCUT2D eigenvalue weighted by Crippen LogP contribution is 2.16. The fourth-order valence-corrected chi connectivity index (χ4v) is 2.12. The van der Waals surface area contributed by atoms with Crippen molar-refractivity contribution in [3.8, 4) is 11.3 Å². The zero-order valence-corrected chi connectivity index (χ0v) is 12.0. The van der Waals surface area contributed by atoms with Gasteiger partial charge in [0.15, 0.2) is 5.78 Å². The summed E-state index contributed by atoms with van der Waals surface area (Å²) in [4.78, 5) is 22.3. The molecule has 23 heavy (non-hydrogen) atoms. The zero-order valence-electron chi connectivity index (χ0n) is 12.0. The molecule has 3 aromatic rings. The number of ketones is 1. The molecule has 0 aliphatic heterocycles. The molecule has 2 aromatic carbocycles. The van der Waals surface area contributed by atoms with Crippen LogP contribution in [0.1, 0.15) is 10.4 Å². The SMILES string of the molecule is O=C(Cn1cc(-c2ccccc2)nn1)c1ccc([N+](=O)[O-])cc1. The third-order valence-electron chi connectivity index (χ3n) is 3.31. The molecule has 114 valence electrons. The van der Waals surface area contributed by atoms with Crippen LogP contribution in [-0.2, 0) is 6.54 Å². The highest BCUT2D eigenvalue weighted by atomic mass is 16.6. The molecule has 0 amide bonds. The Labute approximate surface area is 131 Å². The highest BCUT2D eigenvalue weighted by Gasteiger charge is 2.11. The first-order valence-corrected chi connectivity index (χ1v) is 6.87. The quantitative estimate of drug-likeness (QED) is 0.410. The second-order valence-electron chi connectivity index (χ2n) is 4.89. The second kappa shape index (κ2) is 6.18. The minimum absolute atomic E-state index is 0.0254. The summed E-state index contributed by atoms with van der Waals surface area (Å²) in [5.41, 5.74) is 1.95. The molecule has 0 radical (unpaired) electrons. The monoisotopic (exact) mass is 308 g/mol. The first-order valence-electron chi connectivity index (χ1n) is 6.87. The van der Waals surface area contributed by atoms with Gasteiger partial charge in [-0.25, -0.2) is 4.68 Å². The summed E-state index contributed by atoms with van der Waals surface area (Å²) in [6.45, 7) is 0.0254. The summed E-state index contributed by atoms with van der Waals surface area (Å²) in [6, 6.07) is 15.0. The van der Waals surface area contributed by atoms with Crippen molar-refractivity contribution in [2.45, 2.75) is 6.54 Å². The Morgan fingerprint density at radius 1 is 1.09 bits per heavy atom. The minimum Gasteiger partial charge on any atom is -0.292 e. The molecule has 0 fully saturated rings. The lowest BCUT2D eigenvalue weighted by molar-refractivity contribution is -0.384. The van der Waals surface area contributed by atoms with Gasteiger partial charge in [0.1, 0.15) is 12.2 Å². The third-order valence-corrected chi connectivity index (χ3v) is 3.31. The number of Topliss-reactive ketones (excluding diaryl/α,β-unsaturated/α-hetero) is 1. The van der Waals surface area contributed by atoms with Crippen LogP contribution in [0, 0.1) is 10.1 Å². The van der Waals surface area contributed by atoms with Gasteiger partial charge in [0.05, 0.1) is 11.1 Å². The van der Waals surface area contributed by atoms with E-state index < -0.39 is 4.92 Å². The summed E-state index contributed by atoms with van der Waals surface area (Å²) < 4.78 is 1.45. The van der Waals surface area contributed by atoms with Crippen molar-refractivity contribution in [1.82, 2.24) is 15.0 Å². The summed E-state index contributed by atoms with van der Waals surface area (Å²) in [5.74, 6) is -0.190. The number of nitrogens with zero attached hydrogens (tertiary/aromatic N) is 4. The summed E-state index contributed by atoms with van der Waals surface area (Å²) in [5, 5.41) is 18.6. The van der Waals surface area contributed by atoms with Crippen LogP contribution in [0.25, 0.3) is 11.3 Å². The Hall–Kier alpha value is -3.35. The molecule has 0 saturated heterocycles. The molecule has 1 heterocycles. The van der Waals surface area contributed by atoms with E-state index in [9.17, 15) is 14.9 Å². The number of carbonyl (C=O) groups excluding carboxylic acids is 1. The maximum absolute atomic E-state index is 12.2.